The second-order valence-corrected chi connectivity index (χ2v) is 9.42. The third-order valence-corrected chi connectivity index (χ3v) is 7.54. The number of likely N-dealkylation sites (tertiary alicyclic amines) is 1. The molecular formula is C28H28N2O5. The zero-order chi connectivity index (χ0) is 24.6. The number of carbonyl (C=O) groups is 3. The van der Waals surface area contributed by atoms with Crippen LogP contribution in [0.4, 0.5) is 4.79 Å². The molecule has 2 aliphatic carbocycles. The van der Waals surface area contributed by atoms with Crippen LogP contribution < -0.4 is 5.32 Å². The number of rotatable bonds is 6. The van der Waals surface area contributed by atoms with Crippen LogP contribution >= 0.6 is 0 Å². The lowest BCUT2D eigenvalue weighted by Crippen LogP contribution is -2.57. The quantitative estimate of drug-likeness (QED) is 0.624. The summed E-state index contributed by atoms with van der Waals surface area (Å²) < 4.78 is 5.61. The number of carboxylic acid groups (broad SMARTS) is 1. The molecule has 1 heterocycles. The standard InChI is InChI=1S/C28H28N2O5/c1-2-3-14-24(25(31)30-15-8-9-18-16-28(18,30)26(32)33)29-27(34)35-17-23-21-12-6-4-10-19(21)20-11-5-7-13-22(20)23/h4-7,10-13,18,23-24H,8-9,14-17H2,1H3,(H,29,34)(H,32,33)/t18-,24?,28+/m0/s1. The highest BCUT2D eigenvalue weighted by atomic mass is 16.5. The Hall–Kier alpha value is -3.79. The number of alkyl carbamates (subject to hydrolysis) is 1. The minimum atomic E-state index is -1.14. The maximum Gasteiger partial charge on any atom is 0.407 e. The molecule has 0 aromatic heterocycles. The molecule has 1 saturated carbocycles. The van der Waals surface area contributed by atoms with Crippen LogP contribution in [0.15, 0.2) is 48.5 Å². The molecule has 0 radical (unpaired) electrons. The number of piperidine rings is 1. The normalized spacial score (nSPS) is 22.5. The number of nitrogens with zero attached hydrogens (tertiary/aromatic N) is 1. The van der Waals surface area contributed by atoms with E-state index in [1.807, 2.05) is 36.4 Å². The zero-order valence-corrected chi connectivity index (χ0v) is 19.6. The second-order valence-electron chi connectivity index (χ2n) is 9.42. The highest BCUT2D eigenvalue weighted by Crippen LogP contribution is 2.54. The summed E-state index contributed by atoms with van der Waals surface area (Å²) in [5, 5.41) is 12.5. The van der Waals surface area contributed by atoms with Crippen molar-refractivity contribution >= 4 is 18.0 Å². The fraction of sp³-hybridized carbons (Fsp3) is 0.393. The van der Waals surface area contributed by atoms with Crippen molar-refractivity contribution in [2.24, 2.45) is 5.92 Å². The SMILES string of the molecule is CC#CCC(NC(=O)OCC1c2ccccc2-c2ccccc21)C(=O)N1CCC[C@H]2C[C@]21C(=O)O. The van der Waals surface area contributed by atoms with Crippen LogP contribution in [0.2, 0.25) is 0 Å². The topological polar surface area (TPSA) is 95.9 Å². The Balaban J connectivity index is 1.29. The molecule has 7 nitrogen and oxygen atoms in total. The number of hydrogen-bond acceptors (Lipinski definition) is 4. The summed E-state index contributed by atoms with van der Waals surface area (Å²) in [7, 11) is 0. The van der Waals surface area contributed by atoms with E-state index in [9.17, 15) is 19.5 Å². The van der Waals surface area contributed by atoms with E-state index in [2.05, 4.69) is 29.3 Å². The molecule has 2 fully saturated rings. The van der Waals surface area contributed by atoms with E-state index in [0.29, 0.717) is 13.0 Å². The Labute approximate surface area is 204 Å². The molecule has 2 aromatic rings. The number of amides is 2. The second kappa shape index (κ2) is 9.10. The summed E-state index contributed by atoms with van der Waals surface area (Å²) in [4.78, 5) is 39.7. The molecule has 2 aromatic carbocycles. The number of benzene rings is 2. The number of carbonyl (C=O) groups excluding carboxylic acids is 2. The van der Waals surface area contributed by atoms with E-state index in [1.54, 1.807) is 6.92 Å². The molecular weight excluding hydrogens is 444 g/mol. The zero-order valence-electron chi connectivity index (χ0n) is 19.6. The Bertz CT molecular complexity index is 1200. The first-order valence-corrected chi connectivity index (χ1v) is 12.0. The number of hydrogen-bond donors (Lipinski definition) is 2. The third-order valence-electron chi connectivity index (χ3n) is 7.54. The molecule has 0 bridgehead atoms. The van der Waals surface area contributed by atoms with Gasteiger partial charge in [-0.15, -0.1) is 11.8 Å². The van der Waals surface area contributed by atoms with E-state index >= 15 is 0 Å². The Morgan fingerprint density at radius 1 is 1.14 bits per heavy atom. The van der Waals surface area contributed by atoms with Gasteiger partial charge in [0.15, 0.2) is 0 Å². The van der Waals surface area contributed by atoms with E-state index in [-0.39, 0.29) is 24.9 Å². The Morgan fingerprint density at radius 3 is 2.43 bits per heavy atom. The summed E-state index contributed by atoms with van der Waals surface area (Å²) in [6.07, 6.45) is 1.40. The molecule has 0 spiro atoms. The van der Waals surface area contributed by atoms with E-state index in [4.69, 9.17) is 4.74 Å². The lowest BCUT2D eigenvalue weighted by atomic mass is 9.98. The summed E-state index contributed by atoms with van der Waals surface area (Å²) >= 11 is 0. The van der Waals surface area contributed by atoms with Gasteiger partial charge in [-0.25, -0.2) is 9.59 Å². The number of nitrogens with one attached hydrogen (secondary N) is 1. The van der Waals surface area contributed by atoms with Crippen LogP contribution in [-0.4, -0.2) is 52.7 Å². The summed E-state index contributed by atoms with van der Waals surface area (Å²) in [5.41, 5.74) is 3.32. The maximum atomic E-state index is 13.4. The molecule has 3 aliphatic rings. The van der Waals surface area contributed by atoms with E-state index < -0.39 is 29.6 Å². The lowest BCUT2D eigenvalue weighted by molar-refractivity contribution is -0.155. The fourth-order valence-electron chi connectivity index (χ4n) is 5.74. The monoisotopic (exact) mass is 472 g/mol. The van der Waals surface area contributed by atoms with Crippen LogP contribution in [0.1, 0.15) is 49.7 Å². The van der Waals surface area contributed by atoms with Crippen LogP contribution in [0, 0.1) is 17.8 Å². The lowest BCUT2D eigenvalue weighted by Gasteiger charge is -2.35. The van der Waals surface area contributed by atoms with Gasteiger partial charge in [0.05, 0.1) is 0 Å². The average Bonchev–Trinajstić information content (AvgIpc) is 3.56. The fourth-order valence-corrected chi connectivity index (χ4v) is 5.74. The van der Waals surface area contributed by atoms with Gasteiger partial charge in [0.2, 0.25) is 5.91 Å². The minimum Gasteiger partial charge on any atom is -0.479 e. The first kappa shape index (κ1) is 23.0. The van der Waals surface area contributed by atoms with Crippen LogP contribution in [0.25, 0.3) is 11.1 Å². The molecule has 3 atom stereocenters. The highest BCUT2D eigenvalue weighted by molar-refractivity contribution is 5.94. The number of ether oxygens (including phenoxy) is 1. The van der Waals surface area contributed by atoms with E-state index in [1.165, 1.54) is 4.90 Å². The van der Waals surface area contributed by atoms with Crippen molar-refractivity contribution in [3.63, 3.8) is 0 Å². The molecule has 7 heteroatoms. The van der Waals surface area contributed by atoms with Gasteiger partial charge in [-0.05, 0) is 54.4 Å². The molecule has 180 valence electrons. The summed E-state index contributed by atoms with van der Waals surface area (Å²) in [6, 6.07) is 15.2. The predicted molar refractivity (Wildman–Crippen MR) is 129 cm³/mol. The van der Waals surface area contributed by atoms with Gasteiger partial charge in [-0.2, -0.15) is 0 Å². The Morgan fingerprint density at radius 2 is 1.80 bits per heavy atom. The Kier molecular flexibility index (Phi) is 5.98. The molecule has 1 aliphatic heterocycles. The smallest absolute Gasteiger partial charge is 0.407 e. The van der Waals surface area contributed by atoms with Crippen LogP contribution in [-0.2, 0) is 14.3 Å². The molecule has 1 saturated heterocycles. The first-order valence-electron chi connectivity index (χ1n) is 12.0. The largest absolute Gasteiger partial charge is 0.479 e. The van der Waals surface area contributed by atoms with Gasteiger partial charge in [0.25, 0.3) is 0 Å². The van der Waals surface area contributed by atoms with Gasteiger partial charge in [0.1, 0.15) is 18.2 Å². The summed E-state index contributed by atoms with van der Waals surface area (Å²) in [6.45, 7) is 2.15. The van der Waals surface area contributed by atoms with Crippen molar-refractivity contribution < 1.29 is 24.2 Å². The van der Waals surface area contributed by atoms with Crippen molar-refractivity contribution in [2.45, 2.75) is 50.1 Å². The summed E-state index contributed by atoms with van der Waals surface area (Å²) in [5.74, 6) is 4.10. The first-order chi connectivity index (χ1) is 17.0. The van der Waals surface area contributed by atoms with Crippen molar-refractivity contribution in [2.75, 3.05) is 13.2 Å². The van der Waals surface area contributed by atoms with Crippen molar-refractivity contribution in [3.8, 4) is 23.0 Å². The van der Waals surface area contributed by atoms with Crippen molar-refractivity contribution in [1.29, 1.82) is 0 Å². The minimum absolute atomic E-state index is 0.0231. The molecule has 2 N–H and O–H groups in total. The van der Waals surface area contributed by atoms with Crippen LogP contribution in [0.3, 0.4) is 0 Å². The molecule has 1 unspecified atom stereocenters. The molecule has 35 heavy (non-hydrogen) atoms. The van der Waals surface area contributed by atoms with Gasteiger partial charge in [-0.3, -0.25) is 4.79 Å². The third kappa shape index (κ3) is 3.93. The van der Waals surface area contributed by atoms with E-state index in [0.717, 1.165) is 35.1 Å². The maximum absolute atomic E-state index is 13.4. The van der Waals surface area contributed by atoms with Gasteiger partial charge in [-0.1, -0.05) is 48.5 Å². The number of carboxylic acids is 1. The number of fused-ring (bicyclic) bond motifs is 4. The van der Waals surface area contributed by atoms with Gasteiger partial charge >= 0.3 is 12.1 Å². The van der Waals surface area contributed by atoms with Crippen molar-refractivity contribution in [1.82, 2.24) is 10.2 Å². The van der Waals surface area contributed by atoms with Crippen molar-refractivity contribution in [3.05, 3.63) is 59.7 Å². The molecule has 5 rings (SSSR count). The van der Waals surface area contributed by atoms with Gasteiger partial charge in [0, 0.05) is 18.9 Å². The average molecular weight is 473 g/mol. The van der Waals surface area contributed by atoms with Crippen LogP contribution in [0.5, 0.6) is 0 Å². The highest BCUT2D eigenvalue weighted by Gasteiger charge is 2.67. The number of aliphatic carboxylic acids is 1. The predicted octanol–water partition coefficient (Wildman–Crippen LogP) is 3.77. The molecule has 2 amide bonds. The van der Waals surface area contributed by atoms with Gasteiger partial charge < -0.3 is 20.1 Å².